The highest BCUT2D eigenvalue weighted by Crippen LogP contribution is 2.72. The average molecular weight is 387 g/mol. The number of ether oxygens (including phenoxy) is 5. The number of fused-ring (bicyclic) bond motifs is 4. The molecule has 0 N–H and O–H groups in total. The van der Waals surface area contributed by atoms with Crippen LogP contribution in [0.2, 0.25) is 0 Å². The van der Waals surface area contributed by atoms with Crippen molar-refractivity contribution in [2.75, 3.05) is 28.1 Å². The zero-order valence-corrected chi connectivity index (χ0v) is 15.9. The van der Waals surface area contributed by atoms with E-state index < -0.39 is 22.8 Å². The normalized spacial score (nSPS) is 42.0. The lowest BCUT2D eigenvalue weighted by Crippen LogP contribution is -2.77. The van der Waals surface area contributed by atoms with Crippen molar-refractivity contribution in [2.45, 2.75) is 48.2 Å². The maximum absolute atomic E-state index is 13.2. The highest BCUT2D eigenvalue weighted by atomic mass is 16.7. The maximum Gasteiger partial charge on any atom is 0.231 e. The topological polar surface area (TPSA) is 83.5 Å². The molecule has 1 saturated carbocycles. The standard InChI is InChI=1S/C20H21NO7/c1-21-16(23)8-18-6-12(22)17(24-2)20(25-3)19(18,21)7-15(28-20)10-4-13-14(5-11(10)18)27-9-26-13/h4-5,15,17H,6-9H2,1-3H3/t15?,17-,18-,19+,20+/m1/s1. The Balaban J connectivity index is 1.71. The summed E-state index contributed by atoms with van der Waals surface area (Å²) in [5.41, 5.74) is 0.273. The fourth-order valence-corrected chi connectivity index (χ4v) is 6.64. The van der Waals surface area contributed by atoms with Crippen LogP contribution in [-0.2, 0) is 29.2 Å². The average Bonchev–Trinajstić information content (AvgIpc) is 3.33. The van der Waals surface area contributed by atoms with Gasteiger partial charge in [-0.15, -0.1) is 0 Å². The highest BCUT2D eigenvalue weighted by molar-refractivity contribution is 5.94. The van der Waals surface area contributed by atoms with Crippen LogP contribution in [0.25, 0.3) is 0 Å². The van der Waals surface area contributed by atoms with Crippen molar-refractivity contribution < 1.29 is 33.3 Å². The molecule has 2 bridgehead atoms. The predicted octanol–water partition coefficient (Wildman–Crippen LogP) is 1.06. The Morgan fingerprint density at radius 2 is 1.89 bits per heavy atom. The molecule has 8 heteroatoms. The van der Waals surface area contributed by atoms with Gasteiger partial charge in [-0.05, 0) is 23.3 Å². The van der Waals surface area contributed by atoms with Gasteiger partial charge in [-0.25, -0.2) is 0 Å². The highest BCUT2D eigenvalue weighted by Gasteiger charge is 2.84. The van der Waals surface area contributed by atoms with Crippen LogP contribution in [0.5, 0.6) is 11.5 Å². The van der Waals surface area contributed by atoms with Crippen LogP contribution in [-0.4, -0.2) is 62.1 Å². The van der Waals surface area contributed by atoms with E-state index >= 15 is 0 Å². The lowest BCUT2D eigenvalue weighted by Gasteiger charge is -2.58. The van der Waals surface area contributed by atoms with E-state index in [2.05, 4.69) is 0 Å². The molecule has 3 fully saturated rings. The smallest absolute Gasteiger partial charge is 0.231 e. The minimum Gasteiger partial charge on any atom is -0.454 e. The molecule has 2 saturated heterocycles. The number of carbonyl (C=O) groups is 2. The van der Waals surface area contributed by atoms with E-state index in [1.54, 1.807) is 11.9 Å². The fourth-order valence-electron chi connectivity index (χ4n) is 6.64. The van der Waals surface area contributed by atoms with E-state index in [-0.39, 0.29) is 37.4 Å². The number of likely N-dealkylation sites (N-methyl/N-ethyl adjacent to an activating group) is 1. The molecule has 1 unspecified atom stereocenters. The SMILES string of the molecule is CO[C@@H]1C(=O)C[C@]23CC(=O)N(C)[C@@]24CC(O[C@@]14OC)c1cc2c(cc13)OCO2. The number of Topliss-reactive ketones (excluding diaryl/α,β-unsaturated/α-hetero) is 1. The van der Waals surface area contributed by atoms with Gasteiger partial charge in [0.25, 0.3) is 0 Å². The summed E-state index contributed by atoms with van der Waals surface area (Å²) in [5, 5.41) is 0. The van der Waals surface area contributed by atoms with Crippen molar-refractivity contribution in [1.29, 1.82) is 0 Å². The van der Waals surface area contributed by atoms with Crippen LogP contribution in [0, 0.1) is 0 Å². The first-order valence-corrected chi connectivity index (χ1v) is 9.43. The zero-order chi connectivity index (χ0) is 19.5. The van der Waals surface area contributed by atoms with Crippen molar-refractivity contribution >= 4 is 11.7 Å². The molecule has 1 spiro atoms. The van der Waals surface area contributed by atoms with Gasteiger partial charge < -0.3 is 28.6 Å². The first kappa shape index (κ1) is 16.8. The molecule has 5 atom stereocenters. The lowest BCUT2D eigenvalue weighted by molar-refractivity contribution is -0.308. The van der Waals surface area contributed by atoms with E-state index in [0.29, 0.717) is 17.9 Å². The van der Waals surface area contributed by atoms with Crippen LogP contribution < -0.4 is 9.47 Å². The summed E-state index contributed by atoms with van der Waals surface area (Å²) in [5.74, 6) is -0.217. The van der Waals surface area contributed by atoms with Gasteiger partial charge in [0.1, 0.15) is 5.54 Å². The molecule has 2 aliphatic carbocycles. The molecule has 1 amide bonds. The van der Waals surface area contributed by atoms with Gasteiger partial charge in [0.05, 0.1) is 6.10 Å². The molecule has 8 nitrogen and oxygen atoms in total. The van der Waals surface area contributed by atoms with Crippen molar-refractivity contribution in [3.63, 3.8) is 0 Å². The Bertz CT molecular complexity index is 947. The van der Waals surface area contributed by atoms with Gasteiger partial charge in [0.2, 0.25) is 18.5 Å². The summed E-state index contributed by atoms with van der Waals surface area (Å²) < 4.78 is 29.3. The summed E-state index contributed by atoms with van der Waals surface area (Å²) in [6.45, 7) is 0.160. The Hall–Kier alpha value is -2.16. The van der Waals surface area contributed by atoms with Gasteiger partial charge in [0.15, 0.2) is 23.4 Å². The Kier molecular flexibility index (Phi) is 2.92. The van der Waals surface area contributed by atoms with Gasteiger partial charge in [0, 0.05) is 45.9 Å². The predicted molar refractivity (Wildman–Crippen MR) is 93.0 cm³/mol. The number of hydrogen-bond donors (Lipinski definition) is 0. The third kappa shape index (κ3) is 1.44. The third-order valence-corrected chi connectivity index (χ3v) is 7.63. The molecular formula is C20H21NO7. The number of hydrogen-bond acceptors (Lipinski definition) is 7. The molecule has 0 aromatic heterocycles. The molecule has 1 aromatic carbocycles. The summed E-state index contributed by atoms with van der Waals surface area (Å²) in [6.07, 6.45) is -0.287. The molecule has 3 heterocycles. The van der Waals surface area contributed by atoms with Crippen LogP contribution in [0.15, 0.2) is 12.1 Å². The lowest BCUT2D eigenvalue weighted by atomic mass is 9.51. The molecule has 6 rings (SSSR count). The minimum atomic E-state index is -1.37. The van der Waals surface area contributed by atoms with Crippen molar-refractivity contribution in [1.82, 2.24) is 4.90 Å². The van der Waals surface area contributed by atoms with Gasteiger partial charge >= 0.3 is 0 Å². The Morgan fingerprint density at radius 1 is 1.14 bits per heavy atom. The van der Waals surface area contributed by atoms with Crippen molar-refractivity contribution in [3.05, 3.63) is 23.3 Å². The van der Waals surface area contributed by atoms with E-state index in [4.69, 9.17) is 23.7 Å². The number of carbonyl (C=O) groups excluding carboxylic acids is 2. The summed E-state index contributed by atoms with van der Waals surface area (Å²) in [7, 11) is 4.79. The van der Waals surface area contributed by atoms with E-state index in [1.807, 2.05) is 12.1 Å². The van der Waals surface area contributed by atoms with E-state index in [1.165, 1.54) is 14.2 Å². The zero-order valence-electron chi connectivity index (χ0n) is 15.9. The molecule has 3 aliphatic heterocycles. The molecule has 28 heavy (non-hydrogen) atoms. The van der Waals surface area contributed by atoms with Crippen molar-refractivity contribution in [2.24, 2.45) is 0 Å². The van der Waals surface area contributed by atoms with Crippen LogP contribution in [0.3, 0.4) is 0 Å². The third-order valence-electron chi connectivity index (χ3n) is 7.63. The number of methoxy groups -OCH3 is 2. The summed E-state index contributed by atoms with van der Waals surface area (Å²) >= 11 is 0. The number of amides is 1. The largest absolute Gasteiger partial charge is 0.454 e. The number of benzene rings is 1. The van der Waals surface area contributed by atoms with Gasteiger partial charge in [-0.2, -0.15) is 0 Å². The Labute approximate surface area is 161 Å². The second-order valence-electron chi connectivity index (χ2n) is 8.31. The number of likely N-dealkylation sites (tertiary alicyclic amines) is 1. The number of nitrogens with zero attached hydrogens (tertiary/aromatic N) is 1. The number of ketones is 1. The second kappa shape index (κ2) is 4.87. The molecule has 0 radical (unpaired) electrons. The number of rotatable bonds is 2. The first-order chi connectivity index (χ1) is 13.4. The summed E-state index contributed by atoms with van der Waals surface area (Å²) in [4.78, 5) is 28.0. The van der Waals surface area contributed by atoms with E-state index in [9.17, 15) is 9.59 Å². The summed E-state index contributed by atoms with van der Waals surface area (Å²) in [6, 6.07) is 3.86. The minimum absolute atomic E-state index is 0.0271. The molecule has 1 aromatic rings. The fraction of sp³-hybridized carbons (Fsp3) is 0.600. The van der Waals surface area contributed by atoms with Crippen LogP contribution in [0.4, 0.5) is 0 Å². The molecule has 5 aliphatic rings. The van der Waals surface area contributed by atoms with Crippen LogP contribution in [0.1, 0.15) is 36.5 Å². The quantitative estimate of drug-likeness (QED) is 0.750. The van der Waals surface area contributed by atoms with Gasteiger partial charge in [-0.3, -0.25) is 9.59 Å². The maximum atomic E-state index is 13.2. The molecular weight excluding hydrogens is 366 g/mol. The first-order valence-electron chi connectivity index (χ1n) is 9.43. The monoisotopic (exact) mass is 387 g/mol. The van der Waals surface area contributed by atoms with Crippen molar-refractivity contribution in [3.8, 4) is 11.5 Å². The molecule has 148 valence electrons. The second-order valence-corrected chi connectivity index (χ2v) is 8.31. The Morgan fingerprint density at radius 3 is 2.61 bits per heavy atom. The van der Waals surface area contributed by atoms with Gasteiger partial charge in [-0.1, -0.05) is 0 Å². The van der Waals surface area contributed by atoms with Crippen LogP contribution >= 0.6 is 0 Å². The van der Waals surface area contributed by atoms with E-state index in [0.717, 1.165) is 11.1 Å².